The number of H-pyrrole nitrogens is 1. The summed E-state index contributed by atoms with van der Waals surface area (Å²) in [4.78, 5) is 14.0. The first kappa shape index (κ1) is 15.0. The van der Waals surface area contributed by atoms with Crippen molar-refractivity contribution < 1.29 is 9.18 Å². The lowest BCUT2D eigenvalue weighted by molar-refractivity contribution is 0.0984. The van der Waals surface area contributed by atoms with Gasteiger partial charge < -0.3 is 10.6 Å². The monoisotopic (exact) mass is 290 g/mol. The van der Waals surface area contributed by atoms with Crippen LogP contribution in [0.2, 0.25) is 0 Å². The molecule has 112 valence electrons. The molecule has 0 aliphatic rings. The van der Waals surface area contributed by atoms with Gasteiger partial charge in [-0.2, -0.15) is 5.10 Å². The van der Waals surface area contributed by atoms with Gasteiger partial charge in [0.15, 0.2) is 5.69 Å². The third-order valence-electron chi connectivity index (χ3n) is 3.27. The minimum atomic E-state index is -0.388. The Bertz CT molecular complexity index is 638. The van der Waals surface area contributed by atoms with Crippen LogP contribution < -0.4 is 10.6 Å². The van der Waals surface area contributed by atoms with E-state index in [0.29, 0.717) is 17.9 Å². The number of benzene rings is 1. The van der Waals surface area contributed by atoms with E-state index in [1.807, 2.05) is 13.8 Å². The van der Waals surface area contributed by atoms with Gasteiger partial charge in [-0.3, -0.25) is 9.89 Å². The number of aryl methyl sites for hydroxylation is 1. The minimum absolute atomic E-state index is 0.185. The highest BCUT2D eigenvalue weighted by Crippen LogP contribution is 2.22. The molecule has 0 radical (unpaired) electrons. The van der Waals surface area contributed by atoms with Crippen LogP contribution in [0.15, 0.2) is 24.3 Å². The zero-order valence-electron chi connectivity index (χ0n) is 12.2. The zero-order valence-corrected chi connectivity index (χ0v) is 12.2. The quantitative estimate of drug-likeness (QED) is 0.889. The van der Waals surface area contributed by atoms with Crippen molar-refractivity contribution >= 4 is 17.3 Å². The second-order valence-corrected chi connectivity index (χ2v) is 4.74. The van der Waals surface area contributed by atoms with Crippen molar-refractivity contribution in [1.82, 2.24) is 10.2 Å². The summed E-state index contributed by atoms with van der Waals surface area (Å²) in [6.07, 6.45) is 1.64. The summed E-state index contributed by atoms with van der Waals surface area (Å²) in [5.74, 6) is -0.723. The van der Waals surface area contributed by atoms with Crippen molar-refractivity contribution in [2.75, 3.05) is 17.2 Å². The molecular weight excluding hydrogens is 271 g/mol. The first-order chi connectivity index (χ1) is 10.1. The van der Waals surface area contributed by atoms with E-state index >= 15 is 0 Å². The molecule has 2 aromatic rings. The Balaban J connectivity index is 2.32. The van der Waals surface area contributed by atoms with Gasteiger partial charge in [0, 0.05) is 12.2 Å². The molecule has 0 aliphatic heterocycles. The highest BCUT2D eigenvalue weighted by molar-refractivity contribution is 6.08. The second kappa shape index (κ2) is 6.39. The standard InChI is InChI=1S/C15H19FN4O/c1-3-6-12-13(17)14(19-18-12)15(21)20(4-2)11-8-5-7-10(16)9-11/h5,7-9H,3-4,6,17H2,1-2H3,(H,18,19). The third kappa shape index (κ3) is 3.04. The molecule has 0 spiro atoms. The van der Waals surface area contributed by atoms with Crippen LogP contribution in [0.1, 0.15) is 36.5 Å². The van der Waals surface area contributed by atoms with E-state index in [1.165, 1.54) is 17.0 Å². The zero-order chi connectivity index (χ0) is 15.4. The van der Waals surface area contributed by atoms with E-state index in [0.717, 1.165) is 18.5 Å². The van der Waals surface area contributed by atoms with Crippen LogP contribution in [0, 0.1) is 5.82 Å². The number of hydrogen-bond donors (Lipinski definition) is 2. The number of carbonyl (C=O) groups is 1. The number of anilines is 2. The van der Waals surface area contributed by atoms with Gasteiger partial charge in [0.05, 0.1) is 11.4 Å². The first-order valence-electron chi connectivity index (χ1n) is 6.98. The summed E-state index contributed by atoms with van der Waals surface area (Å²) in [6, 6.07) is 5.90. The van der Waals surface area contributed by atoms with Crippen molar-refractivity contribution in [1.29, 1.82) is 0 Å². The number of aromatic nitrogens is 2. The highest BCUT2D eigenvalue weighted by atomic mass is 19.1. The van der Waals surface area contributed by atoms with Crippen molar-refractivity contribution in [3.63, 3.8) is 0 Å². The highest BCUT2D eigenvalue weighted by Gasteiger charge is 2.23. The van der Waals surface area contributed by atoms with Crippen molar-refractivity contribution in [2.45, 2.75) is 26.7 Å². The number of rotatable bonds is 5. The molecule has 21 heavy (non-hydrogen) atoms. The van der Waals surface area contributed by atoms with Crippen LogP contribution >= 0.6 is 0 Å². The summed E-state index contributed by atoms with van der Waals surface area (Å²) in [5.41, 5.74) is 7.78. The smallest absolute Gasteiger partial charge is 0.280 e. The summed E-state index contributed by atoms with van der Waals surface area (Å²) in [5, 5.41) is 6.82. The SMILES string of the molecule is CCCc1[nH]nc(C(=O)N(CC)c2cccc(F)c2)c1N. The number of nitrogens with two attached hydrogens (primary N) is 1. The van der Waals surface area contributed by atoms with Gasteiger partial charge in [0.1, 0.15) is 5.82 Å². The molecule has 0 atom stereocenters. The average molecular weight is 290 g/mol. The summed E-state index contributed by atoms with van der Waals surface area (Å²) in [7, 11) is 0. The lowest BCUT2D eigenvalue weighted by Crippen LogP contribution is -2.31. The summed E-state index contributed by atoms with van der Waals surface area (Å²) >= 11 is 0. The van der Waals surface area contributed by atoms with Gasteiger partial charge in [-0.1, -0.05) is 19.4 Å². The van der Waals surface area contributed by atoms with Gasteiger partial charge in [-0.05, 0) is 31.5 Å². The number of carbonyl (C=O) groups excluding carboxylic acids is 1. The second-order valence-electron chi connectivity index (χ2n) is 4.74. The molecule has 5 nitrogen and oxygen atoms in total. The Morgan fingerprint density at radius 2 is 2.19 bits per heavy atom. The molecule has 2 rings (SSSR count). The first-order valence-corrected chi connectivity index (χ1v) is 6.98. The number of aromatic amines is 1. The topological polar surface area (TPSA) is 75.0 Å². The Morgan fingerprint density at radius 3 is 2.81 bits per heavy atom. The van der Waals surface area contributed by atoms with Gasteiger partial charge >= 0.3 is 0 Å². The van der Waals surface area contributed by atoms with Crippen LogP contribution in [0.4, 0.5) is 15.8 Å². The van der Waals surface area contributed by atoms with Crippen LogP contribution in [0.5, 0.6) is 0 Å². The Labute approximate surface area is 123 Å². The fourth-order valence-electron chi connectivity index (χ4n) is 2.21. The lowest BCUT2D eigenvalue weighted by Gasteiger charge is -2.20. The molecule has 0 bridgehead atoms. The van der Waals surface area contributed by atoms with E-state index in [4.69, 9.17) is 5.73 Å². The average Bonchev–Trinajstić information content (AvgIpc) is 2.81. The Kier molecular flexibility index (Phi) is 4.57. The summed E-state index contributed by atoms with van der Waals surface area (Å²) < 4.78 is 13.3. The molecule has 0 saturated heterocycles. The molecule has 3 N–H and O–H groups in total. The number of halogens is 1. The van der Waals surface area contributed by atoms with Crippen molar-refractivity contribution in [3.8, 4) is 0 Å². The van der Waals surface area contributed by atoms with Crippen LogP contribution in [-0.2, 0) is 6.42 Å². The molecule has 1 aromatic carbocycles. The lowest BCUT2D eigenvalue weighted by atomic mass is 10.2. The van der Waals surface area contributed by atoms with E-state index in [2.05, 4.69) is 10.2 Å². The molecule has 1 aromatic heterocycles. The maximum absolute atomic E-state index is 13.3. The Hall–Kier alpha value is -2.37. The fourth-order valence-corrected chi connectivity index (χ4v) is 2.21. The predicted octanol–water partition coefficient (Wildman–Crippen LogP) is 2.75. The normalized spacial score (nSPS) is 10.6. The maximum Gasteiger partial charge on any atom is 0.280 e. The molecule has 1 heterocycles. The third-order valence-corrected chi connectivity index (χ3v) is 3.27. The Morgan fingerprint density at radius 1 is 1.43 bits per heavy atom. The van der Waals surface area contributed by atoms with Crippen LogP contribution in [-0.4, -0.2) is 22.6 Å². The predicted molar refractivity (Wildman–Crippen MR) is 80.7 cm³/mol. The molecule has 0 aliphatic carbocycles. The molecular formula is C15H19FN4O. The van der Waals surface area contributed by atoms with Gasteiger partial charge in [0.25, 0.3) is 5.91 Å². The molecule has 0 saturated carbocycles. The molecule has 6 heteroatoms. The summed E-state index contributed by atoms with van der Waals surface area (Å²) in [6.45, 7) is 4.24. The van der Waals surface area contributed by atoms with Crippen molar-refractivity contribution in [2.24, 2.45) is 0 Å². The minimum Gasteiger partial charge on any atom is -0.395 e. The number of nitrogens with zero attached hydrogens (tertiary/aromatic N) is 2. The molecule has 1 amide bonds. The van der Waals surface area contributed by atoms with E-state index < -0.39 is 0 Å². The fraction of sp³-hybridized carbons (Fsp3) is 0.333. The van der Waals surface area contributed by atoms with E-state index in [1.54, 1.807) is 12.1 Å². The number of hydrogen-bond acceptors (Lipinski definition) is 3. The molecule has 0 fully saturated rings. The number of nitrogens with one attached hydrogen (secondary N) is 1. The van der Waals surface area contributed by atoms with Gasteiger partial charge in [0.2, 0.25) is 0 Å². The number of amides is 1. The maximum atomic E-state index is 13.3. The van der Waals surface area contributed by atoms with Crippen molar-refractivity contribution in [3.05, 3.63) is 41.5 Å². The van der Waals surface area contributed by atoms with E-state index in [-0.39, 0.29) is 17.4 Å². The van der Waals surface area contributed by atoms with Crippen LogP contribution in [0.25, 0.3) is 0 Å². The largest absolute Gasteiger partial charge is 0.395 e. The van der Waals surface area contributed by atoms with Crippen LogP contribution in [0.3, 0.4) is 0 Å². The van der Waals surface area contributed by atoms with Gasteiger partial charge in [-0.15, -0.1) is 0 Å². The van der Waals surface area contributed by atoms with E-state index in [9.17, 15) is 9.18 Å². The van der Waals surface area contributed by atoms with Gasteiger partial charge in [-0.25, -0.2) is 4.39 Å². The molecule has 0 unspecified atom stereocenters. The number of nitrogen functional groups attached to an aromatic ring is 1.